The molecule has 4 nitrogen and oxygen atoms in total. The van der Waals surface area contributed by atoms with Gasteiger partial charge in [0.2, 0.25) is 5.91 Å². The number of carbonyl (C=O) groups is 1. The summed E-state index contributed by atoms with van der Waals surface area (Å²) in [6.07, 6.45) is 5.86. The normalized spacial score (nSPS) is 10.5. The van der Waals surface area contributed by atoms with Gasteiger partial charge in [-0.1, -0.05) is 37.3 Å². The van der Waals surface area contributed by atoms with Crippen molar-refractivity contribution in [2.24, 2.45) is 0 Å². The number of nitrogens with one attached hydrogen (secondary N) is 1. The van der Waals surface area contributed by atoms with Gasteiger partial charge in [-0.15, -0.1) is 0 Å². The first-order chi connectivity index (χ1) is 11.7. The summed E-state index contributed by atoms with van der Waals surface area (Å²) in [6, 6.07) is 17.9. The van der Waals surface area contributed by atoms with Crippen LogP contribution in [0.5, 0.6) is 0 Å². The predicted octanol–water partition coefficient (Wildman–Crippen LogP) is 4.01. The van der Waals surface area contributed by atoms with Crippen molar-refractivity contribution >= 4 is 11.6 Å². The van der Waals surface area contributed by atoms with Crippen LogP contribution in [0.3, 0.4) is 0 Å². The van der Waals surface area contributed by atoms with Gasteiger partial charge in [0.1, 0.15) is 0 Å². The Bertz CT molecular complexity index is 809. The third-order valence-corrected chi connectivity index (χ3v) is 3.92. The molecule has 4 heteroatoms. The molecule has 2 aromatic carbocycles. The second-order valence-electron chi connectivity index (χ2n) is 5.73. The lowest BCUT2D eigenvalue weighted by molar-refractivity contribution is -0.116. The Balaban J connectivity index is 1.56. The Labute approximate surface area is 142 Å². The van der Waals surface area contributed by atoms with Gasteiger partial charge in [0.15, 0.2) is 0 Å². The van der Waals surface area contributed by atoms with Crippen LogP contribution in [0.2, 0.25) is 0 Å². The van der Waals surface area contributed by atoms with Gasteiger partial charge in [0, 0.05) is 18.3 Å². The van der Waals surface area contributed by atoms with Gasteiger partial charge in [-0.05, 0) is 48.2 Å². The molecule has 122 valence electrons. The summed E-state index contributed by atoms with van der Waals surface area (Å²) >= 11 is 0. The van der Waals surface area contributed by atoms with Crippen LogP contribution in [0.25, 0.3) is 5.69 Å². The first kappa shape index (κ1) is 16.0. The van der Waals surface area contributed by atoms with Crippen LogP contribution in [0.1, 0.15) is 24.5 Å². The number of carbonyl (C=O) groups excluding carboxylic acids is 1. The van der Waals surface area contributed by atoms with E-state index in [1.54, 1.807) is 0 Å². The molecule has 0 saturated carbocycles. The molecule has 3 rings (SSSR count). The van der Waals surface area contributed by atoms with E-state index >= 15 is 0 Å². The zero-order chi connectivity index (χ0) is 16.8. The van der Waals surface area contributed by atoms with Crippen LogP contribution in [-0.4, -0.2) is 15.7 Å². The third-order valence-electron chi connectivity index (χ3n) is 3.92. The third kappa shape index (κ3) is 4.10. The molecule has 3 aromatic rings. The van der Waals surface area contributed by atoms with Gasteiger partial charge in [-0.3, -0.25) is 4.79 Å². The zero-order valence-electron chi connectivity index (χ0n) is 13.8. The number of aromatic nitrogens is 2. The lowest BCUT2D eigenvalue weighted by atomic mass is 10.1. The van der Waals surface area contributed by atoms with Crippen LogP contribution < -0.4 is 5.32 Å². The van der Waals surface area contributed by atoms with Crippen molar-refractivity contribution < 1.29 is 4.79 Å². The monoisotopic (exact) mass is 319 g/mol. The van der Waals surface area contributed by atoms with Gasteiger partial charge in [0.25, 0.3) is 0 Å². The molecule has 0 aliphatic rings. The first-order valence-corrected chi connectivity index (χ1v) is 8.22. The van der Waals surface area contributed by atoms with Crippen LogP contribution in [0, 0.1) is 0 Å². The molecular weight excluding hydrogens is 298 g/mol. The Morgan fingerprint density at radius 3 is 2.71 bits per heavy atom. The second kappa shape index (κ2) is 7.59. The molecule has 0 atom stereocenters. The van der Waals surface area contributed by atoms with E-state index in [1.165, 1.54) is 5.56 Å². The van der Waals surface area contributed by atoms with Crippen molar-refractivity contribution in [1.29, 1.82) is 0 Å². The maximum absolute atomic E-state index is 12.1. The maximum Gasteiger partial charge on any atom is 0.224 e. The first-order valence-electron chi connectivity index (χ1n) is 8.22. The summed E-state index contributed by atoms with van der Waals surface area (Å²) in [6.45, 7) is 2.10. The maximum atomic E-state index is 12.1. The highest BCUT2D eigenvalue weighted by Crippen LogP contribution is 2.13. The Morgan fingerprint density at radius 1 is 1.08 bits per heavy atom. The summed E-state index contributed by atoms with van der Waals surface area (Å²) in [5.41, 5.74) is 4.15. The van der Waals surface area contributed by atoms with E-state index < -0.39 is 0 Å². The molecule has 1 aromatic heterocycles. The topological polar surface area (TPSA) is 46.9 Å². The van der Waals surface area contributed by atoms with Crippen molar-refractivity contribution in [1.82, 2.24) is 9.78 Å². The molecule has 0 fully saturated rings. The van der Waals surface area contributed by atoms with Crippen molar-refractivity contribution in [2.45, 2.75) is 26.2 Å². The number of benzene rings is 2. The molecule has 0 aliphatic carbocycles. The van der Waals surface area contributed by atoms with Crippen molar-refractivity contribution in [2.75, 3.05) is 5.32 Å². The van der Waals surface area contributed by atoms with Crippen LogP contribution in [-0.2, 0) is 17.6 Å². The fourth-order valence-corrected chi connectivity index (χ4v) is 2.56. The number of rotatable bonds is 6. The second-order valence-corrected chi connectivity index (χ2v) is 5.73. The van der Waals surface area contributed by atoms with Crippen molar-refractivity contribution in [3.8, 4) is 5.69 Å². The molecule has 1 heterocycles. The number of anilines is 1. The highest BCUT2D eigenvalue weighted by molar-refractivity contribution is 5.90. The van der Waals surface area contributed by atoms with Gasteiger partial charge in [-0.25, -0.2) is 4.68 Å². The molecule has 0 unspecified atom stereocenters. The molecule has 24 heavy (non-hydrogen) atoms. The van der Waals surface area contributed by atoms with Gasteiger partial charge >= 0.3 is 0 Å². The SMILES string of the molecule is CCc1cccc(NC(=O)CCc2cnn(-c3ccccc3)c2)c1. The van der Waals surface area contributed by atoms with E-state index in [4.69, 9.17) is 0 Å². The molecule has 0 bridgehead atoms. The standard InChI is InChI=1S/C20H21N3O/c1-2-16-7-6-8-18(13-16)22-20(24)12-11-17-14-21-23(15-17)19-9-4-3-5-10-19/h3-10,13-15H,2,11-12H2,1H3,(H,22,24). The minimum Gasteiger partial charge on any atom is -0.326 e. The average molecular weight is 319 g/mol. The van der Waals surface area contributed by atoms with Gasteiger partial charge in [-0.2, -0.15) is 5.10 Å². The molecule has 0 saturated heterocycles. The van der Waals surface area contributed by atoms with E-state index in [0.29, 0.717) is 12.8 Å². The average Bonchev–Trinajstić information content (AvgIpc) is 3.10. The molecular formula is C20H21N3O. The smallest absolute Gasteiger partial charge is 0.224 e. The van der Waals surface area contributed by atoms with E-state index in [0.717, 1.165) is 23.4 Å². The molecule has 1 N–H and O–H groups in total. The van der Waals surface area contributed by atoms with Crippen molar-refractivity contribution in [3.63, 3.8) is 0 Å². The molecule has 0 aliphatic heterocycles. The quantitative estimate of drug-likeness (QED) is 0.746. The summed E-state index contributed by atoms with van der Waals surface area (Å²) in [4.78, 5) is 12.1. The Morgan fingerprint density at radius 2 is 1.92 bits per heavy atom. The number of hydrogen-bond acceptors (Lipinski definition) is 2. The fourth-order valence-electron chi connectivity index (χ4n) is 2.56. The lowest BCUT2D eigenvalue weighted by Crippen LogP contribution is -2.12. The Kier molecular flexibility index (Phi) is 5.06. The van der Waals surface area contributed by atoms with E-state index in [-0.39, 0.29) is 5.91 Å². The summed E-state index contributed by atoms with van der Waals surface area (Å²) in [5, 5.41) is 7.32. The van der Waals surface area contributed by atoms with E-state index in [1.807, 2.05) is 65.6 Å². The number of hydrogen-bond donors (Lipinski definition) is 1. The number of para-hydroxylation sites is 1. The lowest BCUT2D eigenvalue weighted by Gasteiger charge is -2.06. The van der Waals surface area contributed by atoms with Crippen molar-refractivity contribution in [3.05, 3.63) is 78.1 Å². The molecule has 0 radical (unpaired) electrons. The number of nitrogens with zero attached hydrogens (tertiary/aromatic N) is 2. The minimum absolute atomic E-state index is 0.0238. The highest BCUT2D eigenvalue weighted by atomic mass is 16.1. The molecule has 0 spiro atoms. The van der Waals surface area contributed by atoms with Gasteiger partial charge < -0.3 is 5.32 Å². The van der Waals surface area contributed by atoms with Crippen LogP contribution in [0.4, 0.5) is 5.69 Å². The van der Waals surface area contributed by atoms with E-state index in [9.17, 15) is 4.79 Å². The highest BCUT2D eigenvalue weighted by Gasteiger charge is 2.06. The van der Waals surface area contributed by atoms with Gasteiger partial charge in [0.05, 0.1) is 11.9 Å². The summed E-state index contributed by atoms with van der Waals surface area (Å²) in [5.74, 6) is 0.0238. The summed E-state index contributed by atoms with van der Waals surface area (Å²) in [7, 11) is 0. The Hall–Kier alpha value is -2.88. The fraction of sp³-hybridized carbons (Fsp3) is 0.200. The zero-order valence-corrected chi connectivity index (χ0v) is 13.8. The predicted molar refractivity (Wildman–Crippen MR) is 96.3 cm³/mol. The van der Waals surface area contributed by atoms with Crippen LogP contribution >= 0.6 is 0 Å². The summed E-state index contributed by atoms with van der Waals surface area (Å²) < 4.78 is 1.83. The van der Waals surface area contributed by atoms with Crippen LogP contribution in [0.15, 0.2) is 67.0 Å². The largest absolute Gasteiger partial charge is 0.326 e. The number of amides is 1. The number of aryl methyl sites for hydroxylation is 2. The minimum atomic E-state index is 0.0238. The molecule has 1 amide bonds. The van der Waals surface area contributed by atoms with E-state index in [2.05, 4.69) is 23.4 Å².